The number of aliphatic hydroxyl groups is 1. The van der Waals surface area contributed by atoms with Crippen LogP contribution < -0.4 is 0 Å². The highest BCUT2D eigenvalue weighted by atomic mass is 79.9. The molecule has 110 valence electrons. The molecule has 20 heavy (non-hydrogen) atoms. The van der Waals surface area contributed by atoms with Crippen molar-refractivity contribution in [1.82, 2.24) is 4.90 Å². The predicted molar refractivity (Wildman–Crippen MR) is 76.1 cm³/mol. The van der Waals surface area contributed by atoms with Crippen LogP contribution in [0.3, 0.4) is 0 Å². The van der Waals surface area contributed by atoms with E-state index in [0.29, 0.717) is 37.0 Å². The zero-order chi connectivity index (χ0) is 14.5. The van der Waals surface area contributed by atoms with Crippen LogP contribution in [-0.2, 0) is 4.74 Å². The summed E-state index contributed by atoms with van der Waals surface area (Å²) < 4.78 is 19.8. The van der Waals surface area contributed by atoms with Gasteiger partial charge in [-0.3, -0.25) is 4.79 Å². The molecule has 2 rings (SSSR count). The van der Waals surface area contributed by atoms with E-state index < -0.39 is 5.82 Å². The van der Waals surface area contributed by atoms with Gasteiger partial charge in [-0.2, -0.15) is 0 Å². The van der Waals surface area contributed by atoms with Gasteiger partial charge >= 0.3 is 0 Å². The van der Waals surface area contributed by atoms with Crippen molar-refractivity contribution in [3.05, 3.63) is 34.1 Å². The van der Waals surface area contributed by atoms with Gasteiger partial charge in [0.1, 0.15) is 5.82 Å². The van der Waals surface area contributed by atoms with Gasteiger partial charge in [-0.25, -0.2) is 4.39 Å². The topological polar surface area (TPSA) is 49.8 Å². The molecular weight excluding hydrogens is 329 g/mol. The standard InChI is InChI=1S/C14H17BrFNO3/c15-10-1-2-12(13(16)9-10)14(19)17-5-3-11(4-6-17)20-8-7-18/h1-2,9,11,18H,3-8H2. The molecule has 0 bridgehead atoms. The summed E-state index contributed by atoms with van der Waals surface area (Å²) >= 11 is 3.17. The number of carbonyl (C=O) groups is 1. The number of amides is 1. The van der Waals surface area contributed by atoms with Gasteiger partial charge in [0.25, 0.3) is 5.91 Å². The van der Waals surface area contributed by atoms with Crippen LogP contribution in [0, 0.1) is 5.82 Å². The first-order valence-corrected chi connectivity index (χ1v) is 7.38. The van der Waals surface area contributed by atoms with Gasteiger partial charge in [0, 0.05) is 17.6 Å². The second-order valence-corrected chi connectivity index (χ2v) is 5.63. The van der Waals surface area contributed by atoms with Crippen molar-refractivity contribution in [1.29, 1.82) is 0 Å². The van der Waals surface area contributed by atoms with Crippen molar-refractivity contribution in [2.24, 2.45) is 0 Å². The minimum Gasteiger partial charge on any atom is -0.394 e. The van der Waals surface area contributed by atoms with Crippen molar-refractivity contribution < 1.29 is 19.0 Å². The van der Waals surface area contributed by atoms with Crippen LogP contribution in [0.1, 0.15) is 23.2 Å². The molecule has 1 saturated heterocycles. The molecule has 0 aliphatic carbocycles. The molecule has 1 amide bonds. The van der Waals surface area contributed by atoms with E-state index in [-0.39, 0.29) is 24.2 Å². The lowest BCUT2D eigenvalue weighted by Crippen LogP contribution is -2.41. The third-order valence-corrected chi connectivity index (χ3v) is 3.83. The largest absolute Gasteiger partial charge is 0.394 e. The number of aliphatic hydroxyl groups excluding tert-OH is 1. The highest BCUT2D eigenvalue weighted by Crippen LogP contribution is 2.20. The normalized spacial score (nSPS) is 16.4. The monoisotopic (exact) mass is 345 g/mol. The molecule has 1 fully saturated rings. The van der Waals surface area contributed by atoms with E-state index in [1.165, 1.54) is 12.1 Å². The van der Waals surface area contributed by atoms with Gasteiger partial charge in [0.05, 0.1) is 24.9 Å². The number of hydrogen-bond donors (Lipinski definition) is 1. The van der Waals surface area contributed by atoms with Crippen LogP contribution in [0.4, 0.5) is 4.39 Å². The van der Waals surface area contributed by atoms with Gasteiger partial charge in [-0.05, 0) is 31.0 Å². The summed E-state index contributed by atoms with van der Waals surface area (Å²) in [5, 5.41) is 8.70. The van der Waals surface area contributed by atoms with Crippen molar-refractivity contribution >= 4 is 21.8 Å². The molecular formula is C14H17BrFNO3. The van der Waals surface area contributed by atoms with Gasteiger partial charge in [-0.1, -0.05) is 15.9 Å². The number of nitrogens with zero attached hydrogens (tertiary/aromatic N) is 1. The first kappa shape index (κ1) is 15.4. The van der Waals surface area contributed by atoms with Crippen LogP contribution in [-0.4, -0.2) is 48.3 Å². The van der Waals surface area contributed by atoms with Gasteiger partial charge < -0.3 is 14.7 Å². The number of piperidine rings is 1. The van der Waals surface area contributed by atoms with Crippen LogP contribution in [0.25, 0.3) is 0 Å². The Morgan fingerprint density at radius 1 is 1.45 bits per heavy atom. The molecule has 0 atom stereocenters. The molecule has 0 saturated carbocycles. The number of hydrogen-bond acceptors (Lipinski definition) is 3. The molecule has 1 aliphatic heterocycles. The van der Waals surface area contributed by atoms with Crippen molar-refractivity contribution in [3.63, 3.8) is 0 Å². The maximum absolute atomic E-state index is 13.8. The number of halogens is 2. The summed E-state index contributed by atoms with van der Waals surface area (Å²) in [6.07, 6.45) is 1.49. The third kappa shape index (κ3) is 3.77. The minimum absolute atomic E-state index is 0.00322. The fourth-order valence-electron chi connectivity index (χ4n) is 2.28. The number of carbonyl (C=O) groups excluding carboxylic acids is 1. The van der Waals surface area contributed by atoms with E-state index in [4.69, 9.17) is 9.84 Å². The Hall–Kier alpha value is -0.980. The maximum atomic E-state index is 13.8. The summed E-state index contributed by atoms with van der Waals surface area (Å²) in [4.78, 5) is 13.9. The lowest BCUT2D eigenvalue weighted by molar-refractivity contribution is -0.00561. The molecule has 6 heteroatoms. The van der Waals surface area contributed by atoms with E-state index in [1.54, 1.807) is 11.0 Å². The molecule has 1 N–H and O–H groups in total. The number of benzene rings is 1. The summed E-state index contributed by atoms with van der Waals surface area (Å²) in [5.74, 6) is -0.793. The van der Waals surface area contributed by atoms with Crippen LogP contribution in [0.2, 0.25) is 0 Å². The van der Waals surface area contributed by atoms with Crippen LogP contribution >= 0.6 is 15.9 Å². The van der Waals surface area contributed by atoms with Crippen LogP contribution in [0.15, 0.2) is 22.7 Å². The Morgan fingerprint density at radius 3 is 2.75 bits per heavy atom. The van der Waals surface area contributed by atoms with Crippen molar-refractivity contribution in [2.75, 3.05) is 26.3 Å². The molecule has 1 aliphatic rings. The average Bonchev–Trinajstić information content (AvgIpc) is 2.45. The van der Waals surface area contributed by atoms with E-state index in [1.807, 2.05) is 0 Å². The average molecular weight is 346 g/mol. The highest BCUT2D eigenvalue weighted by Gasteiger charge is 2.25. The SMILES string of the molecule is O=C(c1ccc(Br)cc1F)N1CCC(OCCO)CC1. The first-order valence-electron chi connectivity index (χ1n) is 6.58. The van der Waals surface area contributed by atoms with E-state index >= 15 is 0 Å². The molecule has 4 nitrogen and oxygen atoms in total. The fraction of sp³-hybridized carbons (Fsp3) is 0.500. The molecule has 1 aromatic rings. The highest BCUT2D eigenvalue weighted by molar-refractivity contribution is 9.10. The lowest BCUT2D eigenvalue weighted by atomic mass is 10.1. The molecule has 1 aromatic carbocycles. The molecule has 1 heterocycles. The predicted octanol–water partition coefficient (Wildman–Crippen LogP) is 2.20. The third-order valence-electron chi connectivity index (χ3n) is 3.34. The summed E-state index contributed by atoms with van der Waals surface area (Å²) in [5.41, 5.74) is 0.0999. The Morgan fingerprint density at radius 2 is 2.15 bits per heavy atom. The van der Waals surface area contributed by atoms with E-state index in [9.17, 15) is 9.18 Å². The number of ether oxygens (including phenoxy) is 1. The second-order valence-electron chi connectivity index (χ2n) is 4.71. The van der Waals surface area contributed by atoms with Crippen molar-refractivity contribution in [3.8, 4) is 0 Å². The molecule has 0 radical (unpaired) electrons. The summed E-state index contributed by atoms with van der Waals surface area (Å²) in [6, 6.07) is 4.45. The first-order chi connectivity index (χ1) is 9.61. The van der Waals surface area contributed by atoms with E-state index in [2.05, 4.69) is 15.9 Å². The zero-order valence-corrected chi connectivity index (χ0v) is 12.6. The quantitative estimate of drug-likeness (QED) is 0.910. The Kier molecular flexibility index (Phi) is 5.51. The Bertz CT molecular complexity index is 475. The smallest absolute Gasteiger partial charge is 0.256 e. The Balaban J connectivity index is 1.94. The van der Waals surface area contributed by atoms with Crippen LogP contribution in [0.5, 0.6) is 0 Å². The van der Waals surface area contributed by atoms with E-state index in [0.717, 1.165) is 0 Å². The van der Waals surface area contributed by atoms with Gasteiger partial charge in [0.2, 0.25) is 0 Å². The minimum atomic E-state index is -0.511. The number of rotatable bonds is 4. The lowest BCUT2D eigenvalue weighted by Gasteiger charge is -2.32. The molecule has 0 unspecified atom stereocenters. The summed E-state index contributed by atoms with van der Waals surface area (Å²) in [6.45, 7) is 1.41. The van der Waals surface area contributed by atoms with Gasteiger partial charge in [-0.15, -0.1) is 0 Å². The maximum Gasteiger partial charge on any atom is 0.256 e. The zero-order valence-electron chi connectivity index (χ0n) is 11.0. The number of likely N-dealkylation sites (tertiary alicyclic amines) is 1. The Labute approximate surface area is 125 Å². The van der Waals surface area contributed by atoms with Crippen molar-refractivity contribution in [2.45, 2.75) is 18.9 Å². The molecule has 0 aromatic heterocycles. The second kappa shape index (κ2) is 7.15. The van der Waals surface area contributed by atoms with Gasteiger partial charge in [0.15, 0.2) is 0 Å². The molecule has 0 spiro atoms. The summed E-state index contributed by atoms with van der Waals surface area (Å²) in [7, 11) is 0. The fourth-order valence-corrected chi connectivity index (χ4v) is 2.61.